The molecule has 0 spiro atoms. The fourth-order valence-corrected chi connectivity index (χ4v) is 3.39. The van der Waals surface area contributed by atoms with Gasteiger partial charge in [-0.2, -0.15) is 0 Å². The molecule has 0 aliphatic carbocycles. The summed E-state index contributed by atoms with van der Waals surface area (Å²) in [5.74, 6) is 0.726. The van der Waals surface area contributed by atoms with Crippen LogP contribution in [0.15, 0.2) is 66.7 Å². The Morgan fingerprint density at radius 3 is 2.00 bits per heavy atom. The normalized spacial score (nSPS) is 11.3. The van der Waals surface area contributed by atoms with Gasteiger partial charge >= 0.3 is 0 Å². The average Bonchev–Trinajstić information content (AvgIpc) is 2.86. The smallest absolute Gasteiger partial charge is 0.265 e. The first-order valence-corrected chi connectivity index (χ1v) is 11.1. The maximum absolute atomic E-state index is 12.8. The summed E-state index contributed by atoms with van der Waals surface area (Å²) in [4.78, 5) is 25.4. The zero-order chi connectivity index (χ0) is 24.5. The van der Waals surface area contributed by atoms with Crippen molar-refractivity contribution in [1.29, 1.82) is 0 Å². The van der Waals surface area contributed by atoms with Crippen LogP contribution in [0.4, 0.5) is 11.4 Å². The largest absolute Gasteiger partial charge is 0.494 e. The zero-order valence-corrected chi connectivity index (χ0v) is 19.9. The zero-order valence-electron chi connectivity index (χ0n) is 19.9. The van der Waals surface area contributed by atoms with Crippen LogP contribution < -0.4 is 24.8 Å². The lowest BCUT2D eigenvalue weighted by Gasteiger charge is -2.18. The Labute approximate surface area is 200 Å². The lowest BCUT2D eigenvalue weighted by molar-refractivity contribution is -0.122. The molecule has 1 atom stereocenters. The van der Waals surface area contributed by atoms with E-state index in [0.29, 0.717) is 34.2 Å². The van der Waals surface area contributed by atoms with Crippen molar-refractivity contribution in [1.82, 2.24) is 0 Å². The van der Waals surface area contributed by atoms with E-state index in [1.807, 2.05) is 30.3 Å². The van der Waals surface area contributed by atoms with E-state index in [-0.39, 0.29) is 11.8 Å². The van der Waals surface area contributed by atoms with Crippen LogP contribution in [0, 0.1) is 0 Å². The molecule has 0 heterocycles. The molecule has 2 N–H and O–H groups in total. The van der Waals surface area contributed by atoms with E-state index in [4.69, 9.17) is 14.2 Å². The predicted octanol–water partition coefficient (Wildman–Crippen LogP) is 5.31. The van der Waals surface area contributed by atoms with E-state index >= 15 is 0 Å². The van der Waals surface area contributed by atoms with Crippen LogP contribution >= 0.6 is 0 Å². The number of amides is 2. The fraction of sp³-hybridized carbons (Fsp3) is 0.259. The molecule has 0 saturated carbocycles. The SMILES string of the molecule is CCCc1ccc(OC(C)C(=O)Nc2cc(OC)c(NC(=O)c3ccccc3)cc2OC)cc1. The molecular weight excluding hydrogens is 432 g/mol. The van der Waals surface area contributed by atoms with Gasteiger partial charge < -0.3 is 24.8 Å². The average molecular weight is 463 g/mol. The van der Waals surface area contributed by atoms with Crippen molar-refractivity contribution in [2.75, 3.05) is 24.9 Å². The maximum atomic E-state index is 12.8. The number of carbonyl (C=O) groups is 2. The summed E-state index contributed by atoms with van der Waals surface area (Å²) in [6.45, 7) is 3.80. The summed E-state index contributed by atoms with van der Waals surface area (Å²) in [6, 6.07) is 19.8. The van der Waals surface area contributed by atoms with Gasteiger partial charge in [-0.15, -0.1) is 0 Å². The van der Waals surface area contributed by atoms with E-state index in [1.54, 1.807) is 43.3 Å². The molecule has 2 amide bonds. The number of rotatable bonds is 10. The molecule has 0 radical (unpaired) electrons. The number of benzene rings is 3. The molecule has 0 saturated heterocycles. The Bertz CT molecular complexity index is 1110. The molecule has 0 bridgehead atoms. The van der Waals surface area contributed by atoms with Crippen LogP contribution in [-0.2, 0) is 11.2 Å². The Balaban J connectivity index is 1.73. The van der Waals surface area contributed by atoms with Crippen molar-refractivity contribution in [3.63, 3.8) is 0 Å². The Hall–Kier alpha value is -4.00. The molecule has 3 aromatic rings. The topological polar surface area (TPSA) is 85.9 Å². The van der Waals surface area contributed by atoms with Crippen molar-refractivity contribution in [2.24, 2.45) is 0 Å². The van der Waals surface area contributed by atoms with E-state index < -0.39 is 6.10 Å². The van der Waals surface area contributed by atoms with Crippen LogP contribution in [0.3, 0.4) is 0 Å². The van der Waals surface area contributed by atoms with Gasteiger partial charge in [-0.1, -0.05) is 43.7 Å². The van der Waals surface area contributed by atoms with Crippen LogP contribution in [0.1, 0.15) is 36.2 Å². The minimum Gasteiger partial charge on any atom is -0.494 e. The molecule has 1 unspecified atom stereocenters. The molecule has 3 aromatic carbocycles. The lowest BCUT2D eigenvalue weighted by atomic mass is 10.1. The van der Waals surface area contributed by atoms with Crippen LogP contribution in [0.5, 0.6) is 17.2 Å². The van der Waals surface area contributed by atoms with Gasteiger partial charge in [-0.3, -0.25) is 9.59 Å². The summed E-state index contributed by atoms with van der Waals surface area (Å²) >= 11 is 0. The molecule has 0 fully saturated rings. The van der Waals surface area contributed by atoms with Gasteiger partial charge in [0, 0.05) is 17.7 Å². The van der Waals surface area contributed by atoms with E-state index in [0.717, 1.165) is 12.8 Å². The molecule has 3 rings (SSSR count). The molecule has 7 heteroatoms. The van der Waals surface area contributed by atoms with Gasteiger partial charge in [0.25, 0.3) is 11.8 Å². The highest BCUT2D eigenvalue weighted by molar-refractivity contribution is 6.05. The highest BCUT2D eigenvalue weighted by Crippen LogP contribution is 2.37. The Morgan fingerprint density at radius 2 is 1.44 bits per heavy atom. The van der Waals surface area contributed by atoms with Gasteiger partial charge in [0.05, 0.1) is 25.6 Å². The number of ether oxygens (including phenoxy) is 3. The third-order valence-corrected chi connectivity index (χ3v) is 5.21. The number of carbonyl (C=O) groups excluding carboxylic acids is 2. The first-order chi connectivity index (χ1) is 16.4. The van der Waals surface area contributed by atoms with Gasteiger partial charge in [0.2, 0.25) is 0 Å². The van der Waals surface area contributed by atoms with Crippen molar-refractivity contribution >= 4 is 23.2 Å². The summed E-state index contributed by atoms with van der Waals surface area (Å²) < 4.78 is 16.7. The summed E-state index contributed by atoms with van der Waals surface area (Å²) in [5.41, 5.74) is 2.55. The fourth-order valence-electron chi connectivity index (χ4n) is 3.39. The van der Waals surface area contributed by atoms with Gasteiger partial charge in [-0.05, 0) is 43.2 Å². The second-order valence-corrected chi connectivity index (χ2v) is 7.72. The maximum Gasteiger partial charge on any atom is 0.265 e. The molecule has 34 heavy (non-hydrogen) atoms. The summed E-state index contributed by atoms with van der Waals surface area (Å²) in [5, 5.41) is 5.64. The standard InChI is InChI=1S/C27H30N2O5/c1-5-9-19-12-14-21(15-13-19)34-18(2)26(30)28-22-16-25(33-4)23(17-24(22)32-3)29-27(31)20-10-7-6-8-11-20/h6-8,10-18H,5,9H2,1-4H3,(H,28,30)(H,29,31). The number of anilines is 2. The molecule has 0 aromatic heterocycles. The monoisotopic (exact) mass is 462 g/mol. The Kier molecular flexibility index (Phi) is 8.51. The van der Waals surface area contributed by atoms with Crippen LogP contribution in [-0.4, -0.2) is 32.1 Å². The van der Waals surface area contributed by atoms with Crippen LogP contribution in [0.2, 0.25) is 0 Å². The number of hydrogen-bond donors (Lipinski definition) is 2. The van der Waals surface area contributed by atoms with Crippen molar-refractivity contribution in [3.05, 3.63) is 77.9 Å². The Morgan fingerprint density at radius 1 is 0.853 bits per heavy atom. The third-order valence-electron chi connectivity index (χ3n) is 5.21. The van der Waals surface area contributed by atoms with E-state index in [1.165, 1.54) is 19.8 Å². The minimum absolute atomic E-state index is 0.287. The van der Waals surface area contributed by atoms with Crippen molar-refractivity contribution < 1.29 is 23.8 Å². The molecule has 7 nitrogen and oxygen atoms in total. The molecule has 178 valence electrons. The highest BCUT2D eigenvalue weighted by atomic mass is 16.5. The molecule has 0 aliphatic heterocycles. The number of methoxy groups -OCH3 is 2. The van der Waals surface area contributed by atoms with Gasteiger partial charge in [0.15, 0.2) is 6.10 Å². The quantitative estimate of drug-likeness (QED) is 0.426. The molecular formula is C27H30N2O5. The van der Waals surface area contributed by atoms with E-state index in [2.05, 4.69) is 17.6 Å². The summed E-state index contributed by atoms with van der Waals surface area (Å²) in [7, 11) is 2.97. The van der Waals surface area contributed by atoms with Crippen molar-refractivity contribution in [3.8, 4) is 17.2 Å². The highest BCUT2D eigenvalue weighted by Gasteiger charge is 2.20. The lowest BCUT2D eigenvalue weighted by Crippen LogP contribution is -2.30. The van der Waals surface area contributed by atoms with Crippen LogP contribution in [0.25, 0.3) is 0 Å². The number of hydrogen-bond acceptors (Lipinski definition) is 5. The van der Waals surface area contributed by atoms with E-state index in [9.17, 15) is 9.59 Å². The third kappa shape index (κ3) is 6.28. The van der Waals surface area contributed by atoms with Crippen molar-refractivity contribution in [2.45, 2.75) is 32.8 Å². The van der Waals surface area contributed by atoms with Gasteiger partial charge in [-0.25, -0.2) is 0 Å². The van der Waals surface area contributed by atoms with Gasteiger partial charge in [0.1, 0.15) is 17.2 Å². The number of aryl methyl sites for hydroxylation is 1. The first-order valence-electron chi connectivity index (χ1n) is 11.1. The minimum atomic E-state index is -0.745. The second kappa shape index (κ2) is 11.7. The number of nitrogens with one attached hydrogen (secondary N) is 2. The predicted molar refractivity (Wildman–Crippen MR) is 133 cm³/mol. The second-order valence-electron chi connectivity index (χ2n) is 7.72. The molecule has 0 aliphatic rings. The first kappa shape index (κ1) is 24.6. The summed E-state index contributed by atoms with van der Waals surface area (Å²) in [6.07, 6.45) is 1.32.